The van der Waals surface area contributed by atoms with Crippen molar-refractivity contribution in [3.05, 3.63) is 81.2 Å². The van der Waals surface area contributed by atoms with Gasteiger partial charge in [-0.05, 0) is 61.4 Å². The van der Waals surface area contributed by atoms with Crippen LogP contribution in [0.3, 0.4) is 0 Å². The molecule has 4 amide bonds. The minimum absolute atomic E-state index is 0.0773. The third kappa shape index (κ3) is 7.42. The first-order valence-electron chi connectivity index (χ1n) is 10.5. The molecule has 0 fully saturated rings. The molecule has 0 saturated carbocycles. The van der Waals surface area contributed by atoms with Crippen LogP contribution in [0, 0.1) is 13.8 Å². The predicted octanol–water partition coefficient (Wildman–Crippen LogP) is 3.55. The Labute approximate surface area is 216 Å². The van der Waals surface area contributed by atoms with Crippen LogP contribution in [-0.4, -0.2) is 29.8 Å². The van der Waals surface area contributed by atoms with Gasteiger partial charge in [0.15, 0.2) is 0 Å². The zero-order chi connectivity index (χ0) is 26.2. The number of anilines is 2. The molecule has 0 aliphatic rings. The number of carbonyl (C=O) groups is 4. The minimum Gasteiger partial charge on any atom is -0.458 e. The van der Waals surface area contributed by atoms with Crippen molar-refractivity contribution in [1.29, 1.82) is 0 Å². The molecule has 0 atom stereocenters. The van der Waals surface area contributed by atoms with E-state index in [1.54, 1.807) is 12.1 Å². The number of nitrogens with one attached hydrogen (secondary N) is 4. The van der Waals surface area contributed by atoms with E-state index < -0.39 is 23.6 Å². The SMILES string of the molecule is Cc1ccc(C)c(NC(=O)C(=O)N/N=C/c2ccc(CNC(=O)C(=O)Nc3ccc(Cl)c(Cl)c3)o2)c1. The Kier molecular flexibility index (Phi) is 8.82. The molecule has 3 rings (SSSR count). The maximum atomic E-state index is 12.1. The second kappa shape index (κ2) is 12.0. The number of rotatable bonds is 6. The van der Waals surface area contributed by atoms with Crippen LogP contribution in [0.2, 0.25) is 10.0 Å². The first-order chi connectivity index (χ1) is 17.1. The average Bonchev–Trinajstić information content (AvgIpc) is 3.29. The summed E-state index contributed by atoms with van der Waals surface area (Å²) in [7, 11) is 0. The van der Waals surface area contributed by atoms with E-state index in [1.807, 2.05) is 26.0 Å². The summed E-state index contributed by atoms with van der Waals surface area (Å²) in [5.41, 5.74) is 4.70. The molecule has 186 valence electrons. The van der Waals surface area contributed by atoms with Gasteiger partial charge in [-0.2, -0.15) is 5.10 Å². The minimum atomic E-state index is -0.959. The maximum absolute atomic E-state index is 12.1. The molecule has 0 spiro atoms. The summed E-state index contributed by atoms with van der Waals surface area (Å²) in [6.45, 7) is 3.60. The summed E-state index contributed by atoms with van der Waals surface area (Å²) in [5, 5.41) is 11.6. The fourth-order valence-electron chi connectivity index (χ4n) is 2.82. The van der Waals surface area contributed by atoms with Gasteiger partial charge in [-0.3, -0.25) is 19.2 Å². The molecule has 0 unspecified atom stereocenters. The Morgan fingerprint density at radius 1 is 0.861 bits per heavy atom. The molecule has 0 saturated heterocycles. The Morgan fingerprint density at radius 3 is 2.36 bits per heavy atom. The highest BCUT2D eigenvalue weighted by atomic mass is 35.5. The number of nitrogens with zero attached hydrogens (tertiary/aromatic N) is 1. The van der Waals surface area contributed by atoms with Gasteiger partial charge in [-0.1, -0.05) is 35.3 Å². The molecule has 1 aromatic heterocycles. The van der Waals surface area contributed by atoms with Crippen LogP contribution in [-0.2, 0) is 25.7 Å². The molecule has 10 nitrogen and oxygen atoms in total. The standard InChI is InChI=1S/C24H21Cl2N5O5/c1-13-3-4-14(2)20(9-13)30-23(34)24(35)31-28-12-17-7-6-16(36-17)11-27-21(32)22(33)29-15-5-8-18(25)19(26)10-15/h3-10,12H,11H2,1-2H3,(H,27,32)(H,29,33)(H,30,34)(H,31,35)/b28-12+. The second-order valence-corrected chi connectivity index (χ2v) is 8.36. The zero-order valence-electron chi connectivity index (χ0n) is 19.1. The number of hydrogen-bond acceptors (Lipinski definition) is 6. The summed E-state index contributed by atoms with van der Waals surface area (Å²) in [4.78, 5) is 48.1. The molecule has 12 heteroatoms. The molecule has 1 heterocycles. The van der Waals surface area contributed by atoms with Crippen molar-refractivity contribution in [3.8, 4) is 0 Å². The average molecular weight is 530 g/mol. The third-order valence-electron chi connectivity index (χ3n) is 4.69. The highest BCUT2D eigenvalue weighted by molar-refractivity contribution is 6.43. The van der Waals surface area contributed by atoms with Crippen LogP contribution in [0.5, 0.6) is 0 Å². The summed E-state index contributed by atoms with van der Waals surface area (Å²) >= 11 is 11.7. The van der Waals surface area contributed by atoms with Crippen LogP contribution >= 0.6 is 23.2 Å². The van der Waals surface area contributed by atoms with Gasteiger partial charge in [0.1, 0.15) is 11.5 Å². The molecule has 0 aliphatic heterocycles. The van der Waals surface area contributed by atoms with Gasteiger partial charge in [0.05, 0.1) is 22.8 Å². The molecule has 4 N–H and O–H groups in total. The van der Waals surface area contributed by atoms with E-state index in [0.717, 1.165) is 11.1 Å². The summed E-state index contributed by atoms with van der Waals surface area (Å²) in [6, 6.07) is 13.0. The lowest BCUT2D eigenvalue weighted by Crippen LogP contribution is -2.34. The van der Waals surface area contributed by atoms with E-state index in [9.17, 15) is 19.2 Å². The van der Waals surface area contributed by atoms with Gasteiger partial charge in [0.25, 0.3) is 0 Å². The molecule has 2 aromatic carbocycles. The number of amides is 4. The van der Waals surface area contributed by atoms with Crippen LogP contribution < -0.4 is 21.4 Å². The quantitative estimate of drug-likeness (QED) is 0.219. The number of hydrazone groups is 1. The van der Waals surface area contributed by atoms with Crippen LogP contribution in [0.15, 0.2) is 58.0 Å². The Hall–Kier alpha value is -4.15. The van der Waals surface area contributed by atoms with Crippen molar-refractivity contribution < 1.29 is 23.6 Å². The first kappa shape index (κ1) is 26.5. The number of halogens is 2. The number of benzene rings is 2. The van der Waals surface area contributed by atoms with E-state index in [1.165, 1.54) is 30.5 Å². The van der Waals surface area contributed by atoms with Gasteiger partial charge in [0.2, 0.25) is 0 Å². The number of furan rings is 1. The van der Waals surface area contributed by atoms with Crippen molar-refractivity contribution in [2.24, 2.45) is 5.10 Å². The molecule has 0 radical (unpaired) electrons. The van der Waals surface area contributed by atoms with E-state index in [-0.39, 0.29) is 17.3 Å². The van der Waals surface area contributed by atoms with E-state index in [2.05, 4.69) is 26.5 Å². The van der Waals surface area contributed by atoms with Crippen molar-refractivity contribution in [3.63, 3.8) is 0 Å². The van der Waals surface area contributed by atoms with Gasteiger partial charge in [0, 0.05) is 11.4 Å². The second-order valence-electron chi connectivity index (χ2n) is 7.54. The Bertz CT molecular complexity index is 1350. The van der Waals surface area contributed by atoms with E-state index >= 15 is 0 Å². The van der Waals surface area contributed by atoms with Gasteiger partial charge in [-0.25, -0.2) is 5.43 Å². The first-order valence-corrected chi connectivity index (χ1v) is 11.2. The topological polar surface area (TPSA) is 142 Å². The lowest BCUT2D eigenvalue weighted by Gasteiger charge is -2.08. The van der Waals surface area contributed by atoms with Crippen LogP contribution in [0.25, 0.3) is 0 Å². The van der Waals surface area contributed by atoms with E-state index in [4.69, 9.17) is 27.6 Å². The Morgan fingerprint density at radius 2 is 1.61 bits per heavy atom. The summed E-state index contributed by atoms with van der Waals surface area (Å²) in [6.07, 6.45) is 1.19. The summed E-state index contributed by atoms with van der Waals surface area (Å²) in [5.74, 6) is -3.05. The normalized spacial score (nSPS) is 10.7. The highest BCUT2D eigenvalue weighted by Gasteiger charge is 2.16. The monoisotopic (exact) mass is 529 g/mol. The molecule has 3 aromatic rings. The zero-order valence-corrected chi connectivity index (χ0v) is 20.7. The number of aryl methyl sites for hydroxylation is 2. The summed E-state index contributed by atoms with van der Waals surface area (Å²) < 4.78 is 5.45. The molecular formula is C24H21Cl2N5O5. The maximum Gasteiger partial charge on any atom is 0.329 e. The lowest BCUT2D eigenvalue weighted by molar-refractivity contribution is -0.136. The van der Waals surface area contributed by atoms with Crippen molar-refractivity contribution >= 4 is 64.4 Å². The van der Waals surface area contributed by atoms with Crippen molar-refractivity contribution in [2.75, 3.05) is 10.6 Å². The lowest BCUT2D eigenvalue weighted by atomic mass is 10.1. The van der Waals surface area contributed by atoms with E-state index in [0.29, 0.717) is 22.2 Å². The fraction of sp³-hybridized carbons (Fsp3) is 0.125. The van der Waals surface area contributed by atoms with Gasteiger partial charge < -0.3 is 20.4 Å². The predicted molar refractivity (Wildman–Crippen MR) is 136 cm³/mol. The number of carbonyl (C=O) groups excluding carboxylic acids is 4. The fourth-order valence-corrected chi connectivity index (χ4v) is 3.12. The molecule has 0 bridgehead atoms. The van der Waals surface area contributed by atoms with Crippen molar-refractivity contribution in [2.45, 2.75) is 20.4 Å². The van der Waals surface area contributed by atoms with Crippen molar-refractivity contribution in [1.82, 2.24) is 10.7 Å². The molecule has 0 aliphatic carbocycles. The molecular weight excluding hydrogens is 509 g/mol. The highest BCUT2D eigenvalue weighted by Crippen LogP contribution is 2.25. The van der Waals surface area contributed by atoms with Gasteiger partial charge in [-0.15, -0.1) is 0 Å². The van der Waals surface area contributed by atoms with Gasteiger partial charge >= 0.3 is 23.6 Å². The largest absolute Gasteiger partial charge is 0.458 e. The molecule has 36 heavy (non-hydrogen) atoms. The third-order valence-corrected chi connectivity index (χ3v) is 5.43. The van der Waals surface area contributed by atoms with Crippen LogP contribution in [0.4, 0.5) is 11.4 Å². The number of hydrogen-bond donors (Lipinski definition) is 4. The smallest absolute Gasteiger partial charge is 0.329 e. The Balaban J connectivity index is 1.45. The van der Waals surface area contributed by atoms with Crippen LogP contribution in [0.1, 0.15) is 22.6 Å².